The van der Waals surface area contributed by atoms with Crippen molar-refractivity contribution in [2.45, 2.75) is 44.8 Å². The summed E-state index contributed by atoms with van der Waals surface area (Å²) in [4.78, 5) is 26.9. The van der Waals surface area contributed by atoms with Crippen LogP contribution in [-0.4, -0.2) is 32.5 Å². The van der Waals surface area contributed by atoms with Crippen molar-refractivity contribution in [3.63, 3.8) is 0 Å². The van der Waals surface area contributed by atoms with Crippen LogP contribution in [0.3, 0.4) is 0 Å². The van der Waals surface area contributed by atoms with Crippen LogP contribution in [0.4, 0.5) is 0 Å². The van der Waals surface area contributed by atoms with Gasteiger partial charge in [0.25, 0.3) is 5.56 Å². The smallest absolute Gasteiger partial charge is 0.262 e. The molecule has 0 radical (unpaired) electrons. The number of aryl methyl sites for hydroxylation is 3. The molecule has 0 N–H and O–H groups in total. The van der Waals surface area contributed by atoms with Crippen LogP contribution in [0.5, 0.6) is 0 Å². The molecule has 0 aliphatic heterocycles. The third-order valence-electron chi connectivity index (χ3n) is 6.11. The fourth-order valence-electron chi connectivity index (χ4n) is 4.36. The van der Waals surface area contributed by atoms with E-state index in [2.05, 4.69) is 27.3 Å². The molecule has 0 saturated carbocycles. The van der Waals surface area contributed by atoms with E-state index in [-0.39, 0.29) is 5.56 Å². The maximum Gasteiger partial charge on any atom is 0.262 e. The Kier molecular flexibility index (Phi) is 5.93. The Morgan fingerprint density at radius 3 is 2.97 bits per heavy atom. The highest BCUT2D eigenvalue weighted by Gasteiger charge is 2.27. The van der Waals surface area contributed by atoms with Crippen molar-refractivity contribution in [1.82, 2.24) is 19.4 Å². The zero-order valence-corrected chi connectivity index (χ0v) is 19.6. The monoisotopic (exact) mass is 470 g/mol. The molecule has 1 aromatic carbocycles. The van der Waals surface area contributed by atoms with E-state index in [1.165, 1.54) is 10.4 Å². The zero-order valence-electron chi connectivity index (χ0n) is 17.3. The van der Waals surface area contributed by atoms with Gasteiger partial charge in [0.05, 0.1) is 22.9 Å². The first-order chi connectivity index (χ1) is 15.1. The van der Waals surface area contributed by atoms with Gasteiger partial charge in [0.2, 0.25) is 0 Å². The van der Waals surface area contributed by atoms with Gasteiger partial charge in [0.15, 0.2) is 0 Å². The van der Waals surface area contributed by atoms with Gasteiger partial charge in [-0.05, 0) is 49.9 Å². The van der Waals surface area contributed by atoms with Gasteiger partial charge in [-0.2, -0.15) is 0 Å². The molecule has 1 atom stereocenters. The lowest BCUT2D eigenvalue weighted by molar-refractivity contribution is 0.213. The Morgan fingerprint density at radius 2 is 2.16 bits per heavy atom. The third kappa shape index (κ3) is 4.20. The molecule has 1 aliphatic carbocycles. The summed E-state index contributed by atoms with van der Waals surface area (Å²) in [6, 6.07) is 8.25. The molecule has 160 valence electrons. The minimum atomic E-state index is 0.0730. The van der Waals surface area contributed by atoms with Gasteiger partial charge in [0.1, 0.15) is 4.83 Å². The van der Waals surface area contributed by atoms with Gasteiger partial charge in [0, 0.05) is 34.4 Å². The number of benzene rings is 1. The molecule has 0 fully saturated rings. The lowest BCUT2D eigenvalue weighted by Gasteiger charge is -2.30. The standard InChI is InChI=1S/C23H23ClN4OS2/c1-27(11-16-12-30-14-26-16)17-6-7-18-20(10-17)31-22-21(18)23(29)28(13-25-22)9-8-15-4-2-3-5-19(15)24/h2-5,12-14,17H,6-11H2,1H3. The number of aromatic nitrogens is 3. The van der Waals surface area contributed by atoms with Crippen molar-refractivity contribution >= 4 is 44.5 Å². The Balaban J connectivity index is 1.37. The average molecular weight is 471 g/mol. The summed E-state index contributed by atoms with van der Waals surface area (Å²) in [7, 11) is 2.17. The molecule has 0 saturated heterocycles. The molecule has 0 spiro atoms. The molecule has 3 heterocycles. The first-order valence-corrected chi connectivity index (χ1v) is 12.5. The molecular formula is C23H23ClN4OS2. The first-order valence-electron chi connectivity index (χ1n) is 10.4. The molecule has 31 heavy (non-hydrogen) atoms. The van der Waals surface area contributed by atoms with Crippen LogP contribution in [0.1, 0.15) is 28.1 Å². The summed E-state index contributed by atoms with van der Waals surface area (Å²) >= 11 is 9.60. The Hall–Kier alpha value is -2.06. The van der Waals surface area contributed by atoms with Gasteiger partial charge in [-0.3, -0.25) is 14.3 Å². The zero-order chi connectivity index (χ0) is 21.4. The number of thiazole rings is 1. The summed E-state index contributed by atoms with van der Waals surface area (Å²) in [6.45, 7) is 1.44. The maximum absolute atomic E-state index is 13.3. The van der Waals surface area contributed by atoms with Crippen LogP contribution < -0.4 is 5.56 Å². The van der Waals surface area contributed by atoms with Crippen molar-refractivity contribution < 1.29 is 0 Å². The van der Waals surface area contributed by atoms with Crippen LogP contribution in [0.15, 0.2) is 46.3 Å². The minimum Gasteiger partial charge on any atom is -0.298 e. The van der Waals surface area contributed by atoms with Crippen LogP contribution in [0.2, 0.25) is 5.02 Å². The number of likely N-dealkylation sites (N-methyl/N-ethyl adjacent to an activating group) is 1. The molecule has 8 heteroatoms. The normalized spacial score (nSPS) is 16.2. The lowest BCUT2D eigenvalue weighted by Crippen LogP contribution is -2.35. The second-order valence-electron chi connectivity index (χ2n) is 8.06. The fraction of sp³-hybridized carbons (Fsp3) is 0.348. The quantitative estimate of drug-likeness (QED) is 0.406. The summed E-state index contributed by atoms with van der Waals surface area (Å²) in [5, 5.41) is 3.67. The first kappa shape index (κ1) is 20.8. The molecule has 5 rings (SSSR count). The molecule has 1 aliphatic rings. The molecule has 0 bridgehead atoms. The van der Waals surface area contributed by atoms with Crippen LogP contribution in [0.25, 0.3) is 10.2 Å². The van der Waals surface area contributed by atoms with Crippen molar-refractivity contribution in [2.24, 2.45) is 0 Å². The van der Waals surface area contributed by atoms with Gasteiger partial charge < -0.3 is 0 Å². The van der Waals surface area contributed by atoms with E-state index in [1.807, 2.05) is 29.8 Å². The Bertz CT molecular complexity index is 1260. The lowest BCUT2D eigenvalue weighted by atomic mass is 9.92. The van der Waals surface area contributed by atoms with Crippen LogP contribution in [-0.2, 0) is 32.4 Å². The number of halogens is 1. The van der Waals surface area contributed by atoms with Crippen molar-refractivity contribution in [1.29, 1.82) is 0 Å². The van der Waals surface area contributed by atoms with E-state index in [9.17, 15) is 4.79 Å². The molecule has 3 aromatic heterocycles. The van der Waals surface area contributed by atoms with E-state index >= 15 is 0 Å². The number of nitrogens with zero attached hydrogens (tertiary/aromatic N) is 4. The predicted molar refractivity (Wildman–Crippen MR) is 128 cm³/mol. The highest BCUT2D eigenvalue weighted by atomic mass is 35.5. The highest BCUT2D eigenvalue weighted by Crippen LogP contribution is 2.35. The number of hydrogen-bond donors (Lipinski definition) is 0. The summed E-state index contributed by atoms with van der Waals surface area (Å²) < 4.78 is 1.74. The average Bonchev–Trinajstić information content (AvgIpc) is 3.41. The summed E-state index contributed by atoms with van der Waals surface area (Å²) in [5.74, 6) is 0. The molecule has 1 unspecified atom stereocenters. The maximum atomic E-state index is 13.3. The summed E-state index contributed by atoms with van der Waals surface area (Å²) in [5.41, 5.74) is 5.34. The van der Waals surface area contributed by atoms with Crippen molar-refractivity contribution in [3.8, 4) is 0 Å². The van der Waals surface area contributed by atoms with E-state index in [4.69, 9.17) is 11.6 Å². The molecule has 0 amide bonds. The SMILES string of the molecule is CN(Cc1cscn1)C1CCc2c(sc3ncn(CCc4ccccc4Cl)c(=O)c23)C1. The second kappa shape index (κ2) is 8.82. The van der Waals surface area contributed by atoms with E-state index < -0.39 is 0 Å². The second-order valence-corrected chi connectivity index (χ2v) is 10.3. The Labute approximate surface area is 194 Å². The van der Waals surface area contributed by atoms with E-state index in [0.717, 1.165) is 52.3 Å². The van der Waals surface area contributed by atoms with Crippen LogP contribution in [0, 0.1) is 0 Å². The molecular weight excluding hydrogens is 448 g/mol. The molecule has 4 aromatic rings. The Morgan fingerprint density at radius 1 is 1.29 bits per heavy atom. The molecule has 5 nitrogen and oxygen atoms in total. The van der Waals surface area contributed by atoms with Crippen molar-refractivity contribution in [3.05, 3.63) is 78.6 Å². The summed E-state index contributed by atoms with van der Waals surface area (Å²) in [6.07, 6.45) is 5.34. The fourth-order valence-corrected chi connectivity index (χ4v) is 6.39. The van der Waals surface area contributed by atoms with Gasteiger partial charge in [-0.1, -0.05) is 29.8 Å². The third-order valence-corrected chi connectivity index (χ3v) is 8.27. The number of fused-ring (bicyclic) bond motifs is 3. The van der Waals surface area contributed by atoms with E-state index in [0.29, 0.717) is 19.0 Å². The largest absolute Gasteiger partial charge is 0.298 e. The number of rotatable bonds is 6. The number of hydrogen-bond acceptors (Lipinski definition) is 6. The predicted octanol–water partition coefficient (Wildman–Crippen LogP) is 4.80. The van der Waals surface area contributed by atoms with Gasteiger partial charge >= 0.3 is 0 Å². The van der Waals surface area contributed by atoms with Gasteiger partial charge in [-0.25, -0.2) is 9.97 Å². The van der Waals surface area contributed by atoms with Gasteiger partial charge in [-0.15, -0.1) is 22.7 Å². The van der Waals surface area contributed by atoms with Crippen LogP contribution >= 0.6 is 34.3 Å². The number of thiophene rings is 1. The van der Waals surface area contributed by atoms with E-state index in [1.54, 1.807) is 33.6 Å². The minimum absolute atomic E-state index is 0.0730. The van der Waals surface area contributed by atoms with Crippen molar-refractivity contribution in [2.75, 3.05) is 7.05 Å². The highest BCUT2D eigenvalue weighted by molar-refractivity contribution is 7.18. The topological polar surface area (TPSA) is 51.0 Å².